The molecule has 0 saturated carbocycles. The maximum absolute atomic E-state index is 6.03. The third-order valence-corrected chi connectivity index (χ3v) is 2.74. The fourth-order valence-electron chi connectivity index (χ4n) is 1.59. The number of nitrogens with one attached hydrogen (secondary N) is 2. The zero-order valence-corrected chi connectivity index (χ0v) is 9.26. The van der Waals surface area contributed by atoms with Gasteiger partial charge >= 0.3 is 0 Å². The van der Waals surface area contributed by atoms with Crippen LogP contribution in [0.5, 0.6) is 0 Å². The number of morpholine rings is 1. The molecule has 2 N–H and O–H groups in total. The highest BCUT2D eigenvalue weighted by Crippen LogP contribution is 2.20. The molecule has 4 heteroatoms. The second-order valence-corrected chi connectivity index (χ2v) is 3.99. The maximum atomic E-state index is 6.03. The number of ether oxygens (including phenoxy) is 1. The van der Waals surface area contributed by atoms with Gasteiger partial charge in [-0.2, -0.15) is 0 Å². The Morgan fingerprint density at radius 3 is 3.07 bits per heavy atom. The van der Waals surface area contributed by atoms with Crippen molar-refractivity contribution >= 4 is 17.3 Å². The molecule has 1 saturated heterocycles. The highest BCUT2D eigenvalue weighted by molar-refractivity contribution is 6.33. The minimum Gasteiger partial charge on any atom is -0.382 e. The van der Waals surface area contributed by atoms with Crippen LogP contribution in [0.2, 0.25) is 5.02 Å². The lowest BCUT2D eigenvalue weighted by Crippen LogP contribution is -2.45. The zero-order valence-electron chi connectivity index (χ0n) is 8.50. The van der Waals surface area contributed by atoms with E-state index >= 15 is 0 Å². The van der Waals surface area contributed by atoms with E-state index in [0.29, 0.717) is 6.04 Å². The quantitative estimate of drug-likeness (QED) is 0.824. The van der Waals surface area contributed by atoms with Crippen molar-refractivity contribution < 1.29 is 4.74 Å². The van der Waals surface area contributed by atoms with Crippen LogP contribution in [-0.4, -0.2) is 32.3 Å². The molecular weight excluding hydrogens is 212 g/mol. The molecule has 0 radical (unpaired) electrons. The van der Waals surface area contributed by atoms with Crippen LogP contribution in [0.3, 0.4) is 0 Å². The van der Waals surface area contributed by atoms with Crippen molar-refractivity contribution in [3.8, 4) is 0 Å². The fraction of sp³-hybridized carbons (Fsp3) is 0.455. The van der Waals surface area contributed by atoms with Crippen LogP contribution in [0.15, 0.2) is 24.3 Å². The Labute approximate surface area is 94.8 Å². The molecule has 1 fully saturated rings. The van der Waals surface area contributed by atoms with Crippen molar-refractivity contribution in [1.82, 2.24) is 5.32 Å². The molecule has 1 aromatic carbocycles. The Kier molecular flexibility index (Phi) is 3.83. The summed E-state index contributed by atoms with van der Waals surface area (Å²) >= 11 is 6.03. The van der Waals surface area contributed by atoms with Crippen molar-refractivity contribution in [2.45, 2.75) is 6.04 Å². The largest absolute Gasteiger partial charge is 0.382 e. The predicted octanol–water partition coefficient (Wildman–Crippen LogP) is 1.74. The average Bonchev–Trinajstić information content (AvgIpc) is 2.29. The van der Waals surface area contributed by atoms with Gasteiger partial charge in [0.05, 0.1) is 23.9 Å². The number of hydrogen-bond donors (Lipinski definition) is 2. The molecule has 0 bridgehead atoms. The summed E-state index contributed by atoms with van der Waals surface area (Å²) in [6.45, 7) is 3.33. The highest BCUT2D eigenvalue weighted by atomic mass is 35.5. The van der Waals surface area contributed by atoms with Gasteiger partial charge in [-0.05, 0) is 12.1 Å². The van der Waals surface area contributed by atoms with E-state index < -0.39 is 0 Å². The van der Waals surface area contributed by atoms with Gasteiger partial charge in [0.15, 0.2) is 0 Å². The van der Waals surface area contributed by atoms with Crippen molar-refractivity contribution in [2.75, 3.05) is 31.6 Å². The SMILES string of the molecule is Clc1ccccc1NCC1COCCN1. The van der Waals surface area contributed by atoms with E-state index in [1.54, 1.807) is 0 Å². The summed E-state index contributed by atoms with van der Waals surface area (Å²) in [5.74, 6) is 0. The third kappa shape index (κ3) is 3.09. The lowest BCUT2D eigenvalue weighted by atomic mass is 10.2. The van der Waals surface area contributed by atoms with Gasteiger partial charge in [-0.1, -0.05) is 23.7 Å². The molecule has 0 aromatic heterocycles. The molecule has 1 heterocycles. The lowest BCUT2D eigenvalue weighted by molar-refractivity contribution is 0.0806. The summed E-state index contributed by atoms with van der Waals surface area (Å²) < 4.78 is 5.37. The van der Waals surface area contributed by atoms with E-state index in [-0.39, 0.29) is 0 Å². The molecule has 0 amide bonds. The molecule has 0 spiro atoms. The Balaban J connectivity index is 1.84. The molecule has 0 aliphatic carbocycles. The van der Waals surface area contributed by atoms with Gasteiger partial charge in [0, 0.05) is 19.1 Å². The van der Waals surface area contributed by atoms with Gasteiger partial charge in [0.1, 0.15) is 0 Å². The number of para-hydroxylation sites is 1. The van der Waals surface area contributed by atoms with Crippen LogP contribution < -0.4 is 10.6 Å². The lowest BCUT2D eigenvalue weighted by Gasteiger charge is -2.24. The second kappa shape index (κ2) is 5.35. The van der Waals surface area contributed by atoms with Gasteiger partial charge < -0.3 is 15.4 Å². The summed E-state index contributed by atoms with van der Waals surface area (Å²) in [4.78, 5) is 0. The normalized spacial score (nSPS) is 21.3. The van der Waals surface area contributed by atoms with E-state index in [1.165, 1.54) is 0 Å². The van der Waals surface area contributed by atoms with Gasteiger partial charge in [-0.15, -0.1) is 0 Å². The van der Waals surface area contributed by atoms with Gasteiger partial charge in [0.2, 0.25) is 0 Å². The van der Waals surface area contributed by atoms with E-state index in [0.717, 1.165) is 37.0 Å². The Hall–Kier alpha value is -0.770. The minimum atomic E-state index is 0.370. The van der Waals surface area contributed by atoms with E-state index in [4.69, 9.17) is 16.3 Å². The van der Waals surface area contributed by atoms with Crippen molar-refractivity contribution in [3.05, 3.63) is 29.3 Å². The third-order valence-electron chi connectivity index (χ3n) is 2.41. The van der Waals surface area contributed by atoms with Crippen molar-refractivity contribution in [2.24, 2.45) is 0 Å². The molecule has 82 valence electrons. The second-order valence-electron chi connectivity index (χ2n) is 3.59. The van der Waals surface area contributed by atoms with Crippen LogP contribution in [0.25, 0.3) is 0 Å². The van der Waals surface area contributed by atoms with E-state index in [1.807, 2.05) is 24.3 Å². The standard InChI is InChI=1S/C11H15ClN2O/c12-10-3-1-2-4-11(10)14-7-9-8-15-6-5-13-9/h1-4,9,13-14H,5-8H2. The molecule has 15 heavy (non-hydrogen) atoms. The smallest absolute Gasteiger partial charge is 0.0637 e. The Morgan fingerprint density at radius 2 is 2.33 bits per heavy atom. The summed E-state index contributed by atoms with van der Waals surface area (Å²) in [7, 11) is 0. The number of benzene rings is 1. The number of halogens is 1. The topological polar surface area (TPSA) is 33.3 Å². The number of hydrogen-bond acceptors (Lipinski definition) is 3. The van der Waals surface area contributed by atoms with Crippen LogP contribution in [0.4, 0.5) is 5.69 Å². The fourth-order valence-corrected chi connectivity index (χ4v) is 1.79. The summed E-state index contributed by atoms with van der Waals surface area (Å²) in [6, 6.07) is 8.13. The molecule has 1 atom stereocenters. The molecule has 2 rings (SSSR count). The van der Waals surface area contributed by atoms with Crippen molar-refractivity contribution in [3.63, 3.8) is 0 Å². The first kappa shape index (κ1) is 10.7. The van der Waals surface area contributed by atoms with Crippen LogP contribution >= 0.6 is 11.6 Å². The monoisotopic (exact) mass is 226 g/mol. The highest BCUT2D eigenvalue weighted by Gasteiger charge is 2.12. The number of anilines is 1. The first-order chi connectivity index (χ1) is 7.36. The zero-order chi connectivity index (χ0) is 10.5. The summed E-state index contributed by atoms with van der Waals surface area (Å²) in [6.07, 6.45) is 0. The molecule has 1 aliphatic heterocycles. The Morgan fingerprint density at radius 1 is 1.47 bits per heavy atom. The summed E-state index contributed by atoms with van der Waals surface area (Å²) in [5.41, 5.74) is 0.978. The minimum absolute atomic E-state index is 0.370. The molecular formula is C11H15ClN2O. The predicted molar refractivity (Wildman–Crippen MR) is 62.6 cm³/mol. The molecule has 1 aliphatic rings. The van der Waals surface area contributed by atoms with Crippen molar-refractivity contribution in [1.29, 1.82) is 0 Å². The number of rotatable bonds is 3. The molecule has 3 nitrogen and oxygen atoms in total. The van der Waals surface area contributed by atoms with Gasteiger partial charge in [-0.3, -0.25) is 0 Å². The maximum Gasteiger partial charge on any atom is 0.0637 e. The first-order valence-electron chi connectivity index (χ1n) is 5.16. The van der Waals surface area contributed by atoms with Crippen LogP contribution in [-0.2, 0) is 4.74 Å². The van der Waals surface area contributed by atoms with E-state index in [2.05, 4.69) is 10.6 Å². The Bertz CT molecular complexity index is 313. The molecule has 1 unspecified atom stereocenters. The van der Waals surface area contributed by atoms with E-state index in [9.17, 15) is 0 Å². The van der Waals surface area contributed by atoms with Crippen LogP contribution in [0, 0.1) is 0 Å². The first-order valence-corrected chi connectivity index (χ1v) is 5.53. The van der Waals surface area contributed by atoms with Gasteiger partial charge in [0.25, 0.3) is 0 Å². The van der Waals surface area contributed by atoms with Gasteiger partial charge in [-0.25, -0.2) is 0 Å². The average molecular weight is 227 g/mol. The molecule has 1 aromatic rings. The summed E-state index contributed by atoms with van der Waals surface area (Å²) in [5, 5.41) is 7.44. The van der Waals surface area contributed by atoms with Crippen LogP contribution in [0.1, 0.15) is 0 Å².